The summed E-state index contributed by atoms with van der Waals surface area (Å²) in [5.74, 6) is -1.54. The molecule has 2 rings (SSSR count). The van der Waals surface area contributed by atoms with Gasteiger partial charge in [-0.05, 0) is 26.0 Å². The second-order valence-electron chi connectivity index (χ2n) is 5.73. The zero-order chi connectivity index (χ0) is 16.7. The molecule has 1 aromatic heterocycles. The van der Waals surface area contributed by atoms with Crippen LogP contribution in [-0.4, -0.2) is 43.6 Å². The number of fused-ring (bicyclic) bond motifs is 1. The fourth-order valence-corrected chi connectivity index (χ4v) is 2.21. The summed E-state index contributed by atoms with van der Waals surface area (Å²) in [7, 11) is 3.06. The number of benzene rings is 1. The van der Waals surface area contributed by atoms with Crippen LogP contribution in [0.1, 0.15) is 13.8 Å². The van der Waals surface area contributed by atoms with Crippen LogP contribution in [0, 0.1) is 0 Å². The molecule has 0 aliphatic heterocycles. The minimum atomic E-state index is -1.34. The molecule has 1 N–H and O–H groups in total. The molecule has 0 radical (unpaired) electrons. The van der Waals surface area contributed by atoms with E-state index < -0.39 is 17.4 Å². The number of carboxylic acids is 1. The lowest BCUT2D eigenvalue weighted by atomic mass is 10.0. The largest absolute Gasteiger partial charge is 0.480 e. The van der Waals surface area contributed by atoms with E-state index in [1.54, 1.807) is 25.2 Å². The van der Waals surface area contributed by atoms with Crippen molar-refractivity contribution in [3.63, 3.8) is 0 Å². The lowest BCUT2D eigenvalue weighted by molar-refractivity contribution is -0.155. The first-order valence-corrected chi connectivity index (χ1v) is 6.82. The molecule has 0 aliphatic carbocycles. The van der Waals surface area contributed by atoms with E-state index >= 15 is 0 Å². The van der Waals surface area contributed by atoms with Crippen LogP contribution in [0.3, 0.4) is 0 Å². The Labute approximate surface area is 127 Å². The van der Waals surface area contributed by atoms with Gasteiger partial charge in [-0.3, -0.25) is 13.9 Å². The second kappa shape index (κ2) is 5.32. The molecule has 0 fully saturated rings. The van der Waals surface area contributed by atoms with Crippen LogP contribution in [0.25, 0.3) is 11.0 Å². The van der Waals surface area contributed by atoms with Crippen molar-refractivity contribution >= 4 is 22.9 Å². The van der Waals surface area contributed by atoms with Gasteiger partial charge in [-0.25, -0.2) is 9.59 Å². The Kier molecular flexibility index (Phi) is 3.83. The average molecular weight is 305 g/mol. The van der Waals surface area contributed by atoms with Crippen LogP contribution in [0.5, 0.6) is 0 Å². The van der Waals surface area contributed by atoms with Crippen molar-refractivity contribution in [3.05, 3.63) is 34.7 Å². The van der Waals surface area contributed by atoms with E-state index in [-0.39, 0.29) is 12.2 Å². The molecule has 118 valence electrons. The summed E-state index contributed by atoms with van der Waals surface area (Å²) in [6.45, 7) is 2.69. The first-order chi connectivity index (χ1) is 10.2. The van der Waals surface area contributed by atoms with E-state index in [0.717, 1.165) is 10.4 Å². The Morgan fingerprint density at radius 2 is 1.77 bits per heavy atom. The maximum Gasteiger partial charge on any atom is 0.329 e. The molecule has 0 unspecified atom stereocenters. The third-order valence-electron chi connectivity index (χ3n) is 4.08. The van der Waals surface area contributed by atoms with Gasteiger partial charge >= 0.3 is 11.7 Å². The first-order valence-electron chi connectivity index (χ1n) is 6.82. The maximum atomic E-state index is 12.4. The smallest absolute Gasteiger partial charge is 0.329 e. The van der Waals surface area contributed by atoms with Gasteiger partial charge in [0.2, 0.25) is 5.91 Å². The number of aryl methyl sites for hydroxylation is 1. The van der Waals surface area contributed by atoms with Crippen molar-refractivity contribution in [1.29, 1.82) is 0 Å². The molecule has 1 amide bonds. The topological polar surface area (TPSA) is 84.5 Å². The van der Waals surface area contributed by atoms with Crippen LogP contribution >= 0.6 is 0 Å². The van der Waals surface area contributed by atoms with E-state index in [4.69, 9.17) is 0 Å². The molecular formula is C15H19N3O4. The molecule has 1 aromatic carbocycles. The summed E-state index contributed by atoms with van der Waals surface area (Å²) >= 11 is 0. The molecule has 7 heteroatoms. The number of nitrogens with zero attached hydrogens (tertiary/aromatic N) is 3. The van der Waals surface area contributed by atoms with Crippen molar-refractivity contribution < 1.29 is 14.7 Å². The normalized spacial score (nSPS) is 11.6. The highest BCUT2D eigenvalue weighted by Gasteiger charge is 2.35. The number of carbonyl (C=O) groups is 2. The number of likely N-dealkylation sites (N-methyl/N-ethyl adjacent to an activating group) is 1. The van der Waals surface area contributed by atoms with Crippen LogP contribution in [0.15, 0.2) is 29.1 Å². The predicted molar refractivity (Wildman–Crippen MR) is 81.7 cm³/mol. The molecule has 2 aromatic rings. The van der Waals surface area contributed by atoms with Crippen molar-refractivity contribution in [1.82, 2.24) is 14.0 Å². The summed E-state index contributed by atoms with van der Waals surface area (Å²) in [6, 6.07) is 7.15. The van der Waals surface area contributed by atoms with Gasteiger partial charge in [-0.2, -0.15) is 0 Å². The van der Waals surface area contributed by atoms with Gasteiger partial charge in [0.1, 0.15) is 12.1 Å². The summed E-state index contributed by atoms with van der Waals surface area (Å²) < 4.78 is 2.82. The summed E-state index contributed by atoms with van der Waals surface area (Å²) in [5, 5.41) is 9.19. The number of aliphatic carboxylic acids is 1. The van der Waals surface area contributed by atoms with Gasteiger partial charge in [-0.15, -0.1) is 0 Å². The molecule has 0 spiro atoms. The average Bonchev–Trinajstić information content (AvgIpc) is 2.71. The van der Waals surface area contributed by atoms with Crippen LogP contribution in [0.2, 0.25) is 0 Å². The third-order valence-corrected chi connectivity index (χ3v) is 4.08. The number of aromatic nitrogens is 2. The Morgan fingerprint density at radius 1 is 1.23 bits per heavy atom. The van der Waals surface area contributed by atoms with Crippen LogP contribution < -0.4 is 5.69 Å². The molecule has 0 atom stereocenters. The van der Waals surface area contributed by atoms with Crippen molar-refractivity contribution in [2.75, 3.05) is 7.05 Å². The number of hydrogen-bond donors (Lipinski definition) is 1. The van der Waals surface area contributed by atoms with Gasteiger partial charge in [0.05, 0.1) is 11.0 Å². The lowest BCUT2D eigenvalue weighted by Crippen LogP contribution is -2.52. The highest BCUT2D eigenvalue weighted by atomic mass is 16.4. The van der Waals surface area contributed by atoms with Gasteiger partial charge < -0.3 is 10.0 Å². The van der Waals surface area contributed by atoms with Crippen molar-refractivity contribution in [2.24, 2.45) is 7.05 Å². The number of amides is 1. The van der Waals surface area contributed by atoms with Crippen molar-refractivity contribution in [2.45, 2.75) is 25.9 Å². The number of para-hydroxylation sites is 2. The summed E-state index contributed by atoms with van der Waals surface area (Å²) in [4.78, 5) is 37.0. The number of rotatable bonds is 4. The maximum absolute atomic E-state index is 12.4. The molecule has 0 aliphatic rings. The Balaban J connectivity index is 2.40. The number of hydrogen-bond acceptors (Lipinski definition) is 3. The lowest BCUT2D eigenvalue weighted by Gasteiger charge is -2.31. The van der Waals surface area contributed by atoms with E-state index in [2.05, 4.69) is 0 Å². The van der Waals surface area contributed by atoms with Crippen LogP contribution in [0.4, 0.5) is 0 Å². The van der Waals surface area contributed by atoms with Gasteiger partial charge in [-0.1, -0.05) is 12.1 Å². The van der Waals surface area contributed by atoms with Crippen LogP contribution in [-0.2, 0) is 23.2 Å². The number of carbonyl (C=O) groups excluding carboxylic acids is 1. The standard InChI is InChI=1S/C15H19N3O4/c1-15(2,13(20)21)17(4)12(19)9-18-11-8-6-5-7-10(11)16(3)14(18)22/h5-8H,9H2,1-4H3,(H,20,21). The van der Waals surface area contributed by atoms with E-state index in [1.165, 1.54) is 30.0 Å². The quantitative estimate of drug-likeness (QED) is 0.899. The highest BCUT2D eigenvalue weighted by Crippen LogP contribution is 2.15. The molecule has 7 nitrogen and oxygen atoms in total. The van der Waals surface area contributed by atoms with Gasteiger partial charge in [0.15, 0.2) is 0 Å². The van der Waals surface area contributed by atoms with E-state index in [9.17, 15) is 19.5 Å². The minimum Gasteiger partial charge on any atom is -0.480 e. The summed E-state index contributed by atoms with van der Waals surface area (Å²) in [5.41, 5.74) is -0.285. The fourth-order valence-electron chi connectivity index (χ4n) is 2.21. The molecule has 0 bridgehead atoms. The monoisotopic (exact) mass is 305 g/mol. The Morgan fingerprint density at radius 3 is 2.32 bits per heavy atom. The zero-order valence-electron chi connectivity index (χ0n) is 13.0. The molecule has 22 heavy (non-hydrogen) atoms. The first kappa shape index (κ1) is 15.8. The summed E-state index contributed by atoms with van der Waals surface area (Å²) in [6.07, 6.45) is 0. The fraction of sp³-hybridized carbons (Fsp3) is 0.400. The third kappa shape index (κ3) is 2.38. The zero-order valence-corrected chi connectivity index (χ0v) is 13.0. The van der Waals surface area contributed by atoms with Gasteiger partial charge in [0, 0.05) is 14.1 Å². The van der Waals surface area contributed by atoms with Gasteiger partial charge in [0.25, 0.3) is 0 Å². The minimum absolute atomic E-state index is 0.201. The SMILES string of the molecule is CN(C(=O)Cn1c(=O)n(C)c2ccccc21)C(C)(C)C(=O)O. The molecule has 1 heterocycles. The predicted octanol–water partition coefficient (Wildman–Crippen LogP) is 0.662. The van der Waals surface area contributed by atoms with E-state index in [1.807, 2.05) is 6.07 Å². The second-order valence-corrected chi connectivity index (χ2v) is 5.73. The molecule has 0 saturated carbocycles. The van der Waals surface area contributed by atoms with Crippen molar-refractivity contribution in [3.8, 4) is 0 Å². The Bertz CT molecular complexity index is 801. The number of carboxylic acid groups (broad SMARTS) is 1. The number of imidazole rings is 1. The van der Waals surface area contributed by atoms with E-state index in [0.29, 0.717) is 5.52 Å². The molecular weight excluding hydrogens is 286 g/mol. The Hall–Kier alpha value is -2.57. The highest BCUT2D eigenvalue weighted by molar-refractivity contribution is 5.87. The molecule has 0 saturated heterocycles.